The summed E-state index contributed by atoms with van der Waals surface area (Å²) in [4.78, 5) is 13.3. The Kier molecular flexibility index (Phi) is 14.1. The molecule has 1 aliphatic heterocycles. The van der Waals surface area contributed by atoms with Gasteiger partial charge in [-0.25, -0.2) is 13.2 Å². The number of aromatic nitrogens is 1. The van der Waals surface area contributed by atoms with Crippen LogP contribution in [0.3, 0.4) is 0 Å². The first-order chi connectivity index (χ1) is 23.5. The zero-order valence-corrected chi connectivity index (χ0v) is 27.8. The number of sulfonamides is 1. The fraction of sp³-hybridized carbons (Fsp3) is 0.297. The van der Waals surface area contributed by atoms with Gasteiger partial charge in [0.15, 0.2) is 0 Å². The van der Waals surface area contributed by atoms with E-state index in [1.165, 1.54) is 11.0 Å². The molecule has 12 heteroatoms. The number of nitrogens with one attached hydrogen (secondary N) is 2. The van der Waals surface area contributed by atoms with Crippen molar-refractivity contribution in [1.29, 1.82) is 0 Å². The van der Waals surface area contributed by atoms with E-state index in [9.17, 15) is 21.6 Å². The van der Waals surface area contributed by atoms with Gasteiger partial charge in [-0.2, -0.15) is 17.5 Å². The van der Waals surface area contributed by atoms with Crippen LogP contribution < -0.4 is 10.6 Å². The Balaban J connectivity index is 0.000000698. The van der Waals surface area contributed by atoms with Crippen LogP contribution in [-0.4, -0.2) is 60.6 Å². The summed E-state index contributed by atoms with van der Waals surface area (Å²) in [7, 11) is -3.61. The number of hydrogen-bond acceptors (Lipinski definition) is 6. The lowest BCUT2D eigenvalue weighted by Gasteiger charge is -2.29. The molecular formula is C37H41F3N4O4S. The third kappa shape index (κ3) is 12.9. The summed E-state index contributed by atoms with van der Waals surface area (Å²) in [5.74, 6) is -2.76. The minimum atomic E-state index is -5.08. The first-order valence-electron chi connectivity index (χ1n) is 16.1. The van der Waals surface area contributed by atoms with Crippen molar-refractivity contribution >= 4 is 22.1 Å². The van der Waals surface area contributed by atoms with E-state index in [1.54, 1.807) is 10.4 Å². The van der Waals surface area contributed by atoms with Crippen molar-refractivity contribution in [2.45, 2.75) is 51.0 Å². The Labute approximate surface area is 285 Å². The normalized spacial score (nSPS) is 15.1. The van der Waals surface area contributed by atoms with E-state index in [1.807, 2.05) is 60.8 Å². The molecule has 1 aromatic heterocycles. The topological polar surface area (TPSA) is 112 Å². The van der Waals surface area contributed by atoms with Crippen molar-refractivity contribution in [1.82, 2.24) is 19.9 Å². The summed E-state index contributed by atoms with van der Waals surface area (Å²) in [6.07, 6.45) is 2.59. The van der Waals surface area contributed by atoms with Gasteiger partial charge in [0.25, 0.3) is 0 Å². The van der Waals surface area contributed by atoms with Crippen LogP contribution in [0.25, 0.3) is 17.2 Å². The van der Waals surface area contributed by atoms with Crippen LogP contribution in [0.15, 0.2) is 109 Å². The van der Waals surface area contributed by atoms with E-state index in [0.29, 0.717) is 13.1 Å². The summed E-state index contributed by atoms with van der Waals surface area (Å²) in [6.45, 7) is 3.42. The molecule has 0 saturated carbocycles. The van der Waals surface area contributed by atoms with Crippen LogP contribution in [0.5, 0.6) is 0 Å². The molecule has 0 spiro atoms. The molecule has 1 fully saturated rings. The summed E-state index contributed by atoms with van der Waals surface area (Å²) < 4.78 is 60.3. The van der Waals surface area contributed by atoms with Gasteiger partial charge in [-0.3, -0.25) is 4.98 Å². The number of carboxylic acids is 1. The van der Waals surface area contributed by atoms with E-state index >= 15 is 0 Å². The van der Waals surface area contributed by atoms with Crippen LogP contribution in [0.4, 0.5) is 13.2 Å². The quantitative estimate of drug-likeness (QED) is 0.134. The van der Waals surface area contributed by atoms with Crippen molar-refractivity contribution in [3.63, 3.8) is 0 Å². The number of carbonyl (C=O) groups is 1. The van der Waals surface area contributed by atoms with Gasteiger partial charge in [0.1, 0.15) is 0 Å². The molecule has 3 N–H and O–H groups in total. The lowest BCUT2D eigenvalue weighted by Crippen LogP contribution is -2.45. The second-order valence-electron chi connectivity index (χ2n) is 11.6. The minimum Gasteiger partial charge on any atom is -0.475 e. The van der Waals surface area contributed by atoms with E-state index in [2.05, 4.69) is 58.1 Å². The van der Waals surface area contributed by atoms with Crippen LogP contribution >= 0.6 is 0 Å². The molecule has 260 valence electrons. The molecule has 1 saturated heterocycles. The first-order valence-corrected chi connectivity index (χ1v) is 17.6. The largest absolute Gasteiger partial charge is 0.490 e. The molecule has 2 heterocycles. The van der Waals surface area contributed by atoms with Crippen molar-refractivity contribution < 1.29 is 31.5 Å². The third-order valence-electron chi connectivity index (χ3n) is 7.88. The molecule has 0 aliphatic carbocycles. The molecule has 8 nitrogen and oxygen atoms in total. The number of hydrogen-bond donors (Lipinski definition) is 3. The van der Waals surface area contributed by atoms with Gasteiger partial charge in [0.2, 0.25) is 10.0 Å². The average Bonchev–Trinajstić information content (AvgIpc) is 3.11. The second kappa shape index (κ2) is 18.4. The van der Waals surface area contributed by atoms with Crippen LogP contribution in [0, 0.1) is 0 Å². The lowest BCUT2D eigenvalue weighted by molar-refractivity contribution is -0.192. The Bertz CT molecular complexity index is 1710. The molecule has 5 rings (SSSR count). The molecule has 1 unspecified atom stereocenters. The van der Waals surface area contributed by atoms with Crippen molar-refractivity contribution in [3.8, 4) is 11.1 Å². The average molecular weight is 695 g/mol. The monoisotopic (exact) mass is 694 g/mol. The second-order valence-corrected chi connectivity index (χ2v) is 13.5. The maximum atomic E-state index is 13.5. The highest BCUT2D eigenvalue weighted by Gasteiger charge is 2.38. The Morgan fingerprint density at radius 3 is 2.12 bits per heavy atom. The SMILES string of the molecule is O=C(O)C(F)(F)F.O=S(=O)(/C=C/c1ccccc1)N(Cc1ccc(-c2ccc(CNCCc3ccccn3)cc2)cc1)CC1CCCCN1. The van der Waals surface area contributed by atoms with Gasteiger partial charge in [-0.15, -0.1) is 0 Å². The Hall–Kier alpha value is -4.36. The highest BCUT2D eigenvalue weighted by molar-refractivity contribution is 7.92. The van der Waals surface area contributed by atoms with Gasteiger partial charge in [-0.05, 0) is 65.4 Å². The summed E-state index contributed by atoms with van der Waals surface area (Å²) >= 11 is 0. The number of benzene rings is 3. The fourth-order valence-electron chi connectivity index (χ4n) is 5.22. The molecule has 1 atom stereocenters. The fourth-order valence-corrected chi connectivity index (χ4v) is 6.43. The van der Waals surface area contributed by atoms with E-state index in [0.717, 1.165) is 73.3 Å². The number of carboxylic acid groups (broad SMARTS) is 1. The summed E-state index contributed by atoms with van der Waals surface area (Å²) in [5, 5.41) is 15.5. The van der Waals surface area contributed by atoms with Gasteiger partial charge >= 0.3 is 12.1 Å². The first kappa shape index (κ1) is 37.5. The van der Waals surface area contributed by atoms with Crippen LogP contribution in [0.2, 0.25) is 0 Å². The van der Waals surface area contributed by atoms with Crippen molar-refractivity contribution in [3.05, 3.63) is 131 Å². The molecule has 4 aromatic rings. The zero-order valence-electron chi connectivity index (χ0n) is 27.0. The molecule has 49 heavy (non-hydrogen) atoms. The van der Waals surface area contributed by atoms with E-state index < -0.39 is 22.2 Å². The van der Waals surface area contributed by atoms with E-state index in [-0.39, 0.29) is 6.04 Å². The van der Waals surface area contributed by atoms with E-state index in [4.69, 9.17) is 9.90 Å². The number of nitrogens with zero attached hydrogens (tertiary/aromatic N) is 2. The molecule has 0 bridgehead atoms. The van der Waals surface area contributed by atoms with Crippen LogP contribution in [-0.2, 0) is 34.3 Å². The number of alkyl halides is 3. The number of piperidine rings is 1. The standard InChI is InChI=1S/C35H40N4O2S.C2HF3O2/c40-42(41,25-21-29-8-2-1-3-9-29)39(28-35-11-5-7-23-38-35)27-31-14-18-33(19-15-31)32-16-12-30(13-17-32)26-36-24-20-34-10-4-6-22-37-34;3-2(4,5)1(6)7/h1-4,6,8-10,12-19,21-22,25,35-36,38H,5,7,11,20,23-24,26-28H2;(H,6,7)/b25-21+;. The predicted molar refractivity (Wildman–Crippen MR) is 186 cm³/mol. The predicted octanol–water partition coefficient (Wildman–Crippen LogP) is 6.66. The number of halogens is 3. The number of aliphatic carboxylic acids is 1. The minimum absolute atomic E-state index is 0.168. The van der Waals surface area contributed by atoms with Gasteiger partial charge in [0, 0.05) is 55.9 Å². The Morgan fingerprint density at radius 2 is 1.55 bits per heavy atom. The maximum Gasteiger partial charge on any atom is 0.490 e. The molecule has 1 aliphatic rings. The molecular weight excluding hydrogens is 653 g/mol. The molecule has 3 aromatic carbocycles. The third-order valence-corrected chi connectivity index (χ3v) is 9.36. The smallest absolute Gasteiger partial charge is 0.475 e. The molecule has 0 radical (unpaired) electrons. The van der Waals surface area contributed by atoms with Crippen molar-refractivity contribution in [2.75, 3.05) is 19.6 Å². The van der Waals surface area contributed by atoms with Crippen molar-refractivity contribution in [2.24, 2.45) is 0 Å². The van der Waals surface area contributed by atoms with Gasteiger partial charge < -0.3 is 15.7 Å². The number of pyridine rings is 1. The Morgan fingerprint density at radius 1 is 0.918 bits per heavy atom. The number of rotatable bonds is 13. The zero-order chi connectivity index (χ0) is 35.1. The summed E-state index contributed by atoms with van der Waals surface area (Å²) in [5.41, 5.74) is 6.42. The highest BCUT2D eigenvalue weighted by Crippen LogP contribution is 2.23. The van der Waals surface area contributed by atoms with Crippen LogP contribution in [0.1, 0.15) is 41.6 Å². The highest BCUT2D eigenvalue weighted by atomic mass is 32.2. The molecule has 0 amide bonds. The van der Waals surface area contributed by atoms with Gasteiger partial charge in [-0.1, -0.05) is 91.3 Å². The summed E-state index contributed by atoms with van der Waals surface area (Å²) in [6, 6.07) is 32.6. The maximum absolute atomic E-state index is 13.5. The lowest BCUT2D eigenvalue weighted by atomic mass is 10.0. The van der Waals surface area contributed by atoms with Gasteiger partial charge in [0.05, 0.1) is 0 Å².